The van der Waals surface area contributed by atoms with Crippen molar-refractivity contribution in [1.82, 2.24) is 4.90 Å². The highest BCUT2D eigenvalue weighted by atomic mass is 16.5. The largest absolute Gasteiger partial charge is 0.491 e. The molecule has 2 aliphatic heterocycles. The van der Waals surface area contributed by atoms with Crippen LogP contribution >= 0.6 is 0 Å². The summed E-state index contributed by atoms with van der Waals surface area (Å²) in [4.78, 5) is 13.6. The average Bonchev–Trinajstić information content (AvgIpc) is 2.65. The number of benzene rings is 2. The van der Waals surface area contributed by atoms with Gasteiger partial charge in [0.15, 0.2) is 0 Å². The lowest BCUT2D eigenvalue weighted by atomic mass is 10.0. The van der Waals surface area contributed by atoms with E-state index in [0.717, 1.165) is 42.3 Å². The molecule has 0 radical (unpaired) electrons. The standard InChI is InChI=1S/C21H24N2O4/c24-16(14-26-17-4-2-1-3-5-17)11-23-12-19(13-23)27-18-7-8-20-15(10-18)6-9-21(25)22-20/h1-5,7-8,10,16,19,24H,6,9,11-14H2,(H,22,25). The molecular weight excluding hydrogens is 344 g/mol. The van der Waals surface area contributed by atoms with Crippen LogP contribution in [0.5, 0.6) is 11.5 Å². The molecular formula is C21H24N2O4. The number of aliphatic hydroxyl groups excluding tert-OH is 1. The summed E-state index contributed by atoms with van der Waals surface area (Å²) in [7, 11) is 0. The van der Waals surface area contributed by atoms with Crippen LogP contribution < -0.4 is 14.8 Å². The zero-order chi connectivity index (χ0) is 18.6. The van der Waals surface area contributed by atoms with E-state index in [2.05, 4.69) is 10.2 Å². The minimum Gasteiger partial charge on any atom is -0.491 e. The van der Waals surface area contributed by atoms with Gasteiger partial charge in [0, 0.05) is 31.7 Å². The Morgan fingerprint density at radius 2 is 1.93 bits per heavy atom. The number of hydrogen-bond acceptors (Lipinski definition) is 5. The molecule has 2 aromatic rings. The van der Waals surface area contributed by atoms with Gasteiger partial charge in [-0.2, -0.15) is 0 Å². The van der Waals surface area contributed by atoms with E-state index in [9.17, 15) is 9.90 Å². The first-order valence-electron chi connectivity index (χ1n) is 9.33. The van der Waals surface area contributed by atoms with Crippen LogP contribution in [0.4, 0.5) is 5.69 Å². The number of aryl methyl sites for hydroxylation is 1. The second kappa shape index (κ2) is 7.98. The molecule has 142 valence electrons. The van der Waals surface area contributed by atoms with E-state index < -0.39 is 6.10 Å². The van der Waals surface area contributed by atoms with Crippen molar-refractivity contribution in [2.24, 2.45) is 0 Å². The number of ether oxygens (including phenoxy) is 2. The lowest BCUT2D eigenvalue weighted by Gasteiger charge is -2.40. The van der Waals surface area contributed by atoms with Gasteiger partial charge in [0.1, 0.15) is 30.3 Å². The fraction of sp³-hybridized carbons (Fsp3) is 0.381. The van der Waals surface area contributed by atoms with Gasteiger partial charge in [-0.3, -0.25) is 9.69 Å². The van der Waals surface area contributed by atoms with Gasteiger partial charge in [0.05, 0.1) is 0 Å². The van der Waals surface area contributed by atoms with E-state index in [-0.39, 0.29) is 18.6 Å². The quantitative estimate of drug-likeness (QED) is 0.783. The second-order valence-corrected chi connectivity index (χ2v) is 7.10. The maximum atomic E-state index is 11.4. The Bertz CT molecular complexity index is 790. The van der Waals surface area contributed by atoms with E-state index in [1.807, 2.05) is 48.5 Å². The molecule has 6 nitrogen and oxygen atoms in total. The molecule has 2 aliphatic rings. The van der Waals surface area contributed by atoms with Gasteiger partial charge < -0.3 is 19.9 Å². The van der Waals surface area contributed by atoms with E-state index in [1.165, 1.54) is 0 Å². The monoisotopic (exact) mass is 368 g/mol. The third-order valence-electron chi connectivity index (χ3n) is 4.85. The maximum absolute atomic E-state index is 11.4. The number of nitrogens with zero attached hydrogens (tertiary/aromatic N) is 1. The molecule has 2 aromatic carbocycles. The number of carbonyl (C=O) groups is 1. The first-order valence-corrected chi connectivity index (χ1v) is 9.33. The molecule has 4 rings (SSSR count). The summed E-state index contributed by atoms with van der Waals surface area (Å²) in [6.07, 6.45) is 0.876. The highest BCUT2D eigenvalue weighted by molar-refractivity contribution is 5.93. The molecule has 2 heterocycles. The molecule has 1 amide bonds. The summed E-state index contributed by atoms with van der Waals surface area (Å²) in [5.41, 5.74) is 2.01. The topological polar surface area (TPSA) is 71.0 Å². The number of aliphatic hydroxyl groups is 1. The van der Waals surface area contributed by atoms with Crippen molar-refractivity contribution in [3.05, 3.63) is 54.1 Å². The Morgan fingerprint density at radius 3 is 2.74 bits per heavy atom. The molecule has 27 heavy (non-hydrogen) atoms. The van der Waals surface area contributed by atoms with Crippen molar-refractivity contribution in [2.75, 3.05) is 31.6 Å². The Kier molecular flexibility index (Phi) is 5.27. The average molecular weight is 368 g/mol. The van der Waals surface area contributed by atoms with Gasteiger partial charge in [-0.05, 0) is 42.3 Å². The number of rotatable bonds is 7. The van der Waals surface area contributed by atoms with Crippen molar-refractivity contribution < 1.29 is 19.4 Å². The normalized spacial score (nSPS) is 18.2. The predicted molar refractivity (Wildman–Crippen MR) is 102 cm³/mol. The summed E-state index contributed by atoms with van der Waals surface area (Å²) in [6, 6.07) is 15.3. The van der Waals surface area contributed by atoms with Crippen LogP contribution in [0, 0.1) is 0 Å². The zero-order valence-corrected chi connectivity index (χ0v) is 15.1. The lowest BCUT2D eigenvalue weighted by molar-refractivity contribution is -0.116. The first-order chi connectivity index (χ1) is 13.2. The maximum Gasteiger partial charge on any atom is 0.224 e. The summed E-state index contributed by atoms with van der Waals surface area (Å²) in [6.45, 7) is 2.43. The first kappa shape index (κ1) is 17.8. The van der Waals surface area contributed by atoms with Crippen molar-refractivity contribution in [3.8, 4) is 11.5 Å². The number of fused-ring (bicyclic) bond motifs is 1. The smallest absolute Gasteiger partial charge is 0.224 e. The number of para-hydroxylation sites is 1. The number of anilines is 1. The van der Waals surface area contributed by atoms with E-state index in [0.29, 0.717) is 13.0 Å². The Balaban J connectivity index is 1.19. The van der Waals surface area contributed by atoms with Crippen LogP contribution in [0.3, 0.4) is 0 Å². The highest BCUT2D eigenvalue weighted by Gasteiger charge is 2.30. The molecule has 0 spiro atoms. The van der Waals surface area contributed by atoms with Crippen molar-refractivity contribution in [1.29, 1.82) is 0 Å². The van der Waals surface area contributed by atoms with Gasteiger partial charge in [-0.1, -0.05) is 18.2 Å². The van der Waals surface area contributed by atoms with Crippen LogP contribution in [0.25, 0.3) is 0 Å². The number of β-amino-alcohol motifs (C(OH)–C–C–N with tert-alkyl or cyclic N) is 1. The van der Waals surface area contributed by atoms with Crippen molar-refractivity contribution >= 4 is 11.6 Å². The van der Waals surface area contributed by atoms with Crippen LogP contribution in [0.2, 0.25) is 0 Å². The van der Waals surface area contributed by atoms with Gasteiger partial charge >= 0.3 is 0 Å². The minimum atomic E-state index is -0.529. The number of carbonyl (C=O) groups excluding carboxylic acids is 1. The molecule has 0 aliphatic carbocycles. The molecule has 2 N–H and O–H groups in total. The molecule has 1 saturated heterocycles. The minimum absolute atomic E-state index is 0.0700. The summed E-state index contributed by atoms with van der Waals surface area (Å²) < 4.78 is 11.6. The highest BCUT2D eigenvalue weighted by Crippen LogP contribution is 2.28. The van der Waals surface area contributed by atoms with Crippen LogP contribution in [0.15, 0.2) is 48.5 Å². The molecule has 6 heteroatoms. The van der Waals surface area contributed by atoms with Crippen molar-refractivity contribution in [2.45, 2.75) is 25.0 Å². The van der Waals surface area contributed by atoms with E-state index in [1.54, 1.807) is 0 Å². The Labute approximate surface area is 158 Å². The van der Waals surface area contributed by atoms with Gasteiger partial charge in [-0.15, -0.1) is 0 Å². The van der Waals surface area contributed by atoms with Crippen molar-refractivity contribution in [3.63, 3.8) is 0 Å². The van der Waals surface area contributed by atoms with Crippen LogP contribution in [0.1, 0.15) is 12.0 Å². The number of likely N-dealkylation sites (tertiary alicyclic amines) is 1. The summed E-state index contributed by atoms with van der Waals surface area (Å²) in [5.74, 6) is 1.67. The Morgan fingerprint density at radius 1 is 1.11 bits per heavy atom. The third kappa shape index (κ3) is 4.59. The van der Waals surface area contributed by atoms with Gasteiger partial charge in [-0.25, -0.2) is 0 Å². The van der Waals surface area contributed by atoms with E-state index in [4.69, 9.17) is 9.47 Å². The zero-order valence-electron chi connectivity index (χ0n) is 15.1. The summed E-state index contributed by atoms with van der Waals surface area (Å²) >= 11 is 0. The number of hydrogen-bond donors (Lipinski definition) is 2. The molecule has 0 saturated carbocycles. The lowest BCUT2D eigenvalue weighted by Crippen LogP contribution is -2.56. The second-order valence-electron chi connectivity index (χ2n) is 7.10. The SMILES string of the molecule is O=C1CCc2cc(OC3CN(CC(O)COc4ccccc4)C3)ccc2N1. The molecule has 0 bridgehead atoms. The van der Waals surface area contributed by atoms with Crippen LogP contribution in [-0.4, -0.2) is 54.4 Å². The Hall–Kier alpha value is -2.57. The summed E-state index contributed by atoms with van der Waals surface area (Å²) in [5, 5.41) is 13.0. The molecule has 1 fully saturated rings. The fourth-order valence-electron chi connectivity index (χ4n) is 3.43. The van der Waals surface area contributed by atoms with E-state index >= 15 is 0 Å². The van der Waals surface area contributed by atoms with Crippen LogP contribution in [-0.2, 0) is 11.2 Å². The number of amides is 1. The number of nitrogens with one attached hydrogen (secondary N) is 1. The fourth-order valence-corrected chi connectivity index (χ4v) is 3.43. The van der Waals surface area contributed by atoms with Gasteiger partial charge in [0.2, 0.25) is 5.91 Å². The third-order valence-corrected chi connectivity index (χ3v) is 4.85. The molecule has 0 aromatic heterocycles. The molecule has 1 atom stereocenters. The predicted octanol–water partition coefficient (Wildman–Crippen LogP) is 2.07. The van der Waals surface area contributed by atoms with Gasteiger partial charge in [0.25, 0.3) is 0 Å². The molecule has 1 unspecified atom stereocenters.